The first-order chi connectivity index (χ1) is 17.3. The third kappa shape index (κ3) is 5.08. The minimum atomic E-state index is -0.781. The van der Waals surface area contributed by atoms with Gasteiger partial charge in [-0.2, -0.15) is 4.98 Å². The van der Waals surface area contributed by atoms with E-state index in [1.807, 2.05) is 74.5 Å². The van der Waals surface area contributed by atoms with Crippen molar-refractivity contribution in [3.05, 3.63) is 87.8 Å². The smallest absolute Gasteiger partial charge is 0.369 e. The highest BCUT2D eigenvalue weighted by atomic mass is 127. The molecule has 1 aliphatic heterocycles. The Balaban J connectivity index is 1.98. The SMILES string of the molecule is COc1nc(=O)c(OCOC(=O)I)c2n1[C@@H](C(c1ccccc1)c1ccccc1)CN(C(C)C)C2=O. The molecule has 0 spiro atoms. The van der Waals surface area contributed by atoms with Crippen LogP contribution in [0.4, 0.5) is 4.79 Å². The molecule has 0 saturated carbocycles. The first kappa shape index (κ1) is 25.7. The number of nitrogens with zero attached hydrogens (tertiary/aromatic N) is 3. The molecule has 9 nitrogen and oxygen atoms in total. The van der Waals surface area contributed by atoms with Gasteiger partial charge >= 0.3 is 15.5 Å². The molecule has 0 unspecified atom stereocenters. The number of aromatic nitrogens is 2. The van der Waals surface area contributed by atoms with Crippen LogP contribution in [-0.4, -0.2) is 50.8 Å². The van der Waals surface area contributed by atoms with Gasteiger partial charge in [0.1, 0.15) is 0 Å². The lowest BCUT2D eigenvalue weighted by Gasteiger charge is -2.42. The molecule has 0 bridgehead atoms. The van der Waals surface area contributed by atoms with Crippen LogP contribution in [0.25, 0.3) is 0 Å². The second kappa shape index (κ2) is 11.1. The van der Waals surface area contributed by atoms with Crippen LogP contribution in [0.5, 0.6) is 11.8 Å². The summed E-state index contributed by atoms with van der Waals surface area (Å²) in [5.41, 5.74) is 1.29. The lowest BCUT2D eigenvalue weighted by molar-refractivity contribution is 0.0529. The standard InChI is InChI=1S/C26H26IN3O6/c1-16(2)29-14-19(20(17-10-6-4-7-11-17)18-12-8-5-9-13-18)30-21(24(29)32)22(35-15-36-25(27)33)23(31)28-26(30)34-3/h4-13,16,19-20H,14-15H2,1-3H3/t19-/m1/s1. The lowest BCUT2D eigenvalue weighted by atomic mass is 9.83. The molecular weight excluding hydrogens is 577 g/mol. The number of amides is 1. The van der Waals surface area contributed by atoms with E-state index in [-0.39, 0.29) is 35.5 Å². The van der Waals surface area contributed by atoms with E-state index in [0.29, 0.717) is 6.54 Å². The summed E-state index contributed by atoms with van der Waals surface area (Å²) in [6.45, 7) is 3.65. The lowest BCUT2D eigenvalue weighted by Crippen LogP contribution is -2.49. The molecule has 0 radical (unpaired) electrons. The predicted molar refractivity (Wildman–Crippen MR) is 141 cm³/mol. The fourth-order valence-electron chi connectivity index (χ4n) is 4.57. The maximum absolute atomic E-state index is 13.7. The molecule has 10 heteroatoms. The monoisotopic (exact) mass is 603 g/mol. The Bertz CT molecular complexity index is 1260. The van der Waals surface area contributed by atoms with Gasteiger partial charge in [-0.05, 0) is 25.0 Å². The van der Waals surface area contributed by atoms with Crippen molar-refractivity contribution in [2.45, 2.75) is 31.8 Å². The van der Waals surface area contributed by atoms with Gasteiger partial charge < -0.3 is 19.1 Å². The normalized spacial score (nSPS) is 15.1. The van der Waals surface area contributed by atoms with Crippen LogP contribution in [0.15, 0.2) is 65.5 Å². The molecule has 0 N–H and O–H groups in total. The Kier molecular flexibility index (Phi) is 7.92. The van der Waals surface area contributed by atoms with Gasteiger partial charge in [-0.15, -0.1) is 0 Å². The van der Waals surface area contributed by atoms with Crippen molar-refractivity contribution in [2.24, 2.45) is 0 Å². The van der Waals surface area contributed by atoms with Crippen LogP contribution in [0.1, 0.15) is 47.4 Å². The first-order valence-corrected chi connectivity index (χ1v) is 12.5. The second-order valence-corrected chi connectivity index (χ2v) is 9.39. The number of carbonyl (C=O) groups is 2. The van der Waals surface area contributed by atoms with E-state index in [1.54, 1.807) is 9.47 Å². The van der Waals surface area contributed by atoms with Crippen LogP contribution < -0.4 is 15.0 Å². The predicted octanol–water partition coefficient (Wildman–Crippen LogP) is 4.40. The summed E-state index contributed by atoms with van der Waals surface area (Å²) in [6.07, 6.45) is 0. The van der Waals surface area contributed by atoms with Crippen LogP contribution >= 0.6 is 22.6 Å². The average Bonchev–Trinajstić information content (AvgIpc) is 2.87. The van der Waals surface area contributed by atoms with Crippen LogP contribution in [-0.2, 0) is 4.74 Å². The third-order valence-electron chi connectivity index (χ3n) is 6.12. The second-order valence-electron chi connectivity index (χ2n) is 8.51. The van der Waals surface area contributed by atoms with Crippen molar-refractivity contribution in [2.75, 3.05) is 20.4 Å². The molecule has 1 atom stereocenters. The molecule has 0 saturated heterocycles. The van der Waals surface area contributed by atoms with Crippen molar-refractivity contribution in [3.63, 3.8) is 0 Å². The minimum absolute atomic E-state index is 0.00635. The van der Waals surface area contributed by atoms with Gasteiger partial charge in [0.15, 0.2) is 5.69 Å². The summed E-state index contributed by atoms with van der Waals surface area (Å²) in [4.78, 5) is 43.7. The highest BCUT2D eigenvalue weighted by Crippen LogP contribution is 2.42. The quantitative estimate of drug-likeness (QED) is 0.214. The van der Waals surface area contributed by atoms with Gasteiger partial charge in [0.25, 0.3) is 5.91 Å². The molecule has 2 aromatic carbocycles. The maximum Gasteiger partial charge on any atom is 0.369 e. The molecular formula is C26H26IN3O6. The number of hydrogen-bond donors (Lipinski definition) is 0. The number of carbonyl (C=O) groups excluding carboxylic acids is 2. The Morgan fingerprint density at radius 1 is 1.06 bits per heavy atom. The molecule has 0 fully saturated rings. The zero-order valence-electron chi connectivity index (χ0n) is 20.1. The minimum Gasteiger partial charge on any atom is -0.468 e. The molecule has 1 aromatic heterocycles. The number of hydrogen-bond acceptors (Lipinski definition) is 7. The van der Waals surface area contributed by atoms with Crippen LogP contribution in [0.2, 0.25) is 0 Å². The van der Waals surface area contributed by atoms with Gasteiger partial charge in [0.05, 0.1) is 35.7 Å². The summed E-state index contributed by atoms with van der Waals surface area (Å²) >= 11 is 1.45. The average molecular weight is 603 g/mol. The van der Waals surface area contributed by atoms with Crippen LogP contribution in [0, 0.1) is 0 Å². The summed E-state index contributed by atoms with van der Waals surface area (Å²) in [7, 11) is 1.41. The molecule has 0 aliphatic carbocycles. The molecule has 36 heavy (non-hydrogen) atoms. The fraction of sp³-hybridized carbons (Fsp3) is 0.308. The topological polar surface area (TPSA) is 100.0 Å². The van der Waals surface area contributed by atoms with Crippen molar-refractivity contribution in [1.82, 2.24) is 14.5 Å². The molecule has 1 amide bonds. The number of ether oxygens (including phenoxy) is 3. The van der Waals surface area contributed by atoms with E-state index in [9.17, 15) is 14.4 Å². The van der Waals surface area contributed by atoms with Crippen LogP contribution in [0.3, 0.4) is 0 Å². The largest absolute Gasteiger partial charge is 0.468 e. The van der Waals surface area contributed by atoms with E-state index in [4.69, 9.17) is 14.2 Å². The molecule has 188 valence electrons. The third-order valence-corrected chi connectivity index (χ3v) is 6.43. The zero-order valence-corrected chi connectivity index (χ0v) is 22.2. The van der Waals surface area contributed by atoms with Gasteiger partial charge in [-0.25, -0.2) is 4.79 Å². The van der Waals surface area contributed by atoms with Crippen molar-refractivity contribution >= 4 is 32.5 Å². The Morgan fingerprint density at radius 2 is 1.64 bits per heavy atom. The highest BCUT2D eigenvalue weighted by Gasteiger charge is 2.42. The highest BCUT2D eigenvalue weighted by molar-refractivity contribution is 14.1. The molecule has 3 aromatic rings. The van der Waals surface area contributed by atoms with Gasteiger partial charge in [0.2, 0.25) is 12.5 Å². The molecule has 1 aliphatic rings. The number of rotatable bonds is 8. The first-order valence-electron chi connectivity index (χ1n) is 11.4. The van der Waals surface area contributed by atoms with Crippen molar-refractivity contribution in [3.8, 4) is 11.8 Å². The summed E-state index contributed by atoms with van der Waals surface area (Å²) < 4.78 is 17.0. The summed E-state index contributed by atoms with van der Waals surface area (Å²) in [5, 5.41) is 0. The summed E-state index contributed by atoms with van der Waals surface area (Å²) in [6, 6.07) is 19.4. The van der Waals surface area contributed by atoms with Gasteiger partial charge in [-0.3, -0.25) is 14.2 Å². The van der Waals surface area contributed by atoms with E-state index in [2.05, 4.69) is 4.98 Å². The van der Waals surface area contributed by atoms with E-state index in [1.165, 1.54) is 29.7 Å². The maximum atomic E-state index is 13.7. The van der Waals surface area contributed by atoms with Crippen molar-refractivity contribution in [1.29, 1.82) is 0 Å². The fourth-order valence-corrected chi connectivity index (χ4v) is 4.70. The van der Waals surface area contributed by atoms with Gasteiger partial charge in [-0.1, -0.05) is 60.7 Å². The van der Waals surface area contributed by atoms with E-state index < -0.39 is 22.2 Å². The Labute approximate surface area is 222 Å². The number of halogens is 1. The van der Waals surface area contributed by atoms with E-state index >= 15 is 0 Å². The number of fused-ring (bicyclic) bond motifs is 1. The van der Waals surface area contributed by atoms with Gasteiger partial charge in [0, 0.05) is 18.5 Å². The number of benzene rings is 2. The Hall–Kier alpha value is -3.41. The Morgan fingerprint density at radius 3 is 2.14 bits per heavy atom. The summed E-state index contributed by atoms with van der Waals surface area (Å²) in [5.74, 6) is -0.887. The van der Waals surface area contributed by atoms with Crippen molar-refractivity contribution < 1.29 is 23.8 Å². The number of methoxy groups -OCH3 is 1. The zero-order chi connectivity index (χ0) is 25.8. The molecule has 2 heterocycles. The molecule has 4 rings (SSSR count). The van der Waals surface area contributed by atoms with E-state index in [0.717, 1.165) is 11.1 Å².